The van der Waals surface area contributed by atoms with E-state index in [2.05, 4.69) is 5.16 Å². The Morgan fingerprint density at radius 3 is 3.05 bits per heavy atom. The van der Waals surface area contributed by atoms with E-state index in [1.54, 1.807) is 6.07 Å². The average Bonchev–Trinajstić information content (AvgIpc) is 3.11. The minimum absolute atomic E-state index is 0.0329. The van der Waals surface area contributed by atoms with Crippen molar-refractivity contribution in [3.63, 3.8) is 0 Å². The van der Waals surface area contributed by atoms with Gasteiger partial charge in [0.1, 0.15) is 5.69 Å². The van der Waals surface area contributed by atoms with E-state index >= 15 is 0 Å². The molecule has 1 aliphatic rings. The SMILES string of the molecule is [2H]C([2H])([2H])C([2H])([2H])C([2H])([2H])N1CCC=C(c2cc(-c3ccc(C)cc3)no2)C1. The molecule has 0 fully saturated rings. The van der Waals surface area contributed by atoms with Crippen molar-refractivity contribution in [3.05, 3.63) is 47.7 Å². The van der Waals surface area contributed by atoms with E-state index in [1.807, 2.05) is 37.3 Å². The van der Waals surface area contributed by atoms with Gasteiger partial charge in [0.25, 0.3) is 0 Å². The first-order chi connectivity index (χ1) is 12.9. The molecule has 3 rings (SSSR count). The summed E-state index contributed by atoms with van der Waals surface area (Å²) in [6.07, 6.45) is -0.680. The quantitative estimate of drug-likeness (QED) is 0.846. The molecule has 0 spiro atoms. The fourth-order valence-corrected chi connectivity index (χ4v) is 2.38. The van der Waals surface area contributed by atoms with E-state index < -0.39 is 19.7 Å². The Kier molecular flexibility index (Phi) is 2.37. The van der Waals surface area contributed by atoms with Crippen molar-refractivity contribution >= 4 is 5.57 Å². The predicted octanol–water partition coefficient (Wildman–Crippen LogP) is 4.15. The molecule has 0 N–H and O–H groups in total. The number of benzene rings is 1. The molecule has 110 valence electrons. The molecular formula is C18H22N2O. The molecule has 1 aromatic heterocycles. The van der Waals surface area contributed by atoms with E-state index in [-0.39, 0.29) is 13.1 Å². The second kappa shape index (κ2) is 6.27. The van der Waals surface area contributed by atoms with Crippen molar-refractivity contribution in [1.82, 2.24) is 10.1 Å². The molecule has 0 amide bonds. The lowest BCUT2D eigenvalue weighted by Crippen LogP contribution is -2.30. The highest BCUT2D eigenvalue weighted by Crippen LogP contribution is 2.26. The van der Waals surface area contributed by atoms with Gasteiger partial charge in [-0.05, 0) is 26.2 Å². The van der Waals surface area contributed by atoms with Crippen LogP contribution in [0.3, 0.4) is 0 Å². The lowest BCUT2D eigenvalue weighted by Gasteiger charge is -2.25. The minimum Gasteiger partial charge on any atom is -0.356 e. The van der Waals surface area contributed by atoms with Crippen LogP contribution in [0.1, 0.15) is 40.6 Å². The van der Waals surface area contributed by atoms with E-state index in [9.17, 15) is 0 Å². The van der Waals surface area contributed by atoms with Gasteiger partial charge in [0.05, 0.1) is 0 Å². The van der Waals surface area contributed by atoms with Crippen molar-refractivity contribution < 1.29 is 14.1 Å². The number of hydrogen-bond donors (Lipinski definition) is 0. The Balaban J connectivity index is 1.82. The highest BCUT2D eigenvalue weighted by atomic mass is 16.5. The zero-order chi connectivity index (χ0) is 20.7. The summed E-state index contributed by atoms with van der Waals surface area (Å²) in [5.41, 5.74) is 3.32. The molecule has 0 bridgehead atoms. The Morgan fingerprint density at radius 1 is 1.38 bits per heavy atom. The number of aromatic nitrogens is 1. The topological polar surface area (TPSA) is 29.3 Å². The van der Waals surface area contributed by atoms with Gasteiger partial charge in [-0.25, -0.2) is 0 Å². The van der Waals surface area contributed by atoms with Gasteiger partial charge in [0.2, 0.25) is 0 Å². The van der Waals surface area contributed by atoms with Crippen LogP contribution in [0, 0.1) is 6.92 Å². The summed E-state index contributed by atoms with van der Waals surface area (Å²) in [6, 6.07) is 9.56. The fourth-order valence-electron chi connectivity index (χ4n) is 2.38. The van der Waals surface area contributed by atoms with Gasteiger partial charge >= 0.3 is 0 Å². The van der Waals surface area contributed by atoms with Crippen molar-refractivity contribution in [2.75, 3.05) is 19.6 Å². The molecule has 2 heterocycles. The van der Waals surface area contributed by atoms with Crippen LogP contribution in [0.4, 0.5) is 0 Å². The molecule has 1 aromatic carbocycles. The van der Waals surface area contributed by atoms with Gasteiger partial charge in [-0.3, -0.25) is 4.90 Å². The van der Waals surface area contributed by atoms with Gasteiger partial charge in [0.15, 0.2) is 5.76 Å². The molecule has 0 aliphatic carbocycles. The van der Waals surface area contributed by atoms with Gasteiger partial charge in [-0.2, -0.15) is 0 Å². The Bertz CT molecular complexity index is 869. The molecular weight excluding hydrogens is 260 g/mol. The van der Waals surface area contributed by atoms with Crippen LogP contribution in [-0.4, -0.2) is 29.6 Å². The van der Waals surface area contributed by atoms with Crippen LogP contribution in [-0.2, 0) is 0 Å². The third-order valence-electron chi connectivity index (χ3n) is 3.54. The van der Waals surface area contributed by atoms with Crippen molar-refractivity contribution in [2.24, 2.45) is 0 Å². The van der Waals surface area contributed by atoms with E-state index in [0.29, 0.717) is 23.4 Å². The van der Waals surface area contributed by atoms with Crippen molar-refractivity contribution in [3.8, 4) is 11.3 Å². The first-order valence-electron chi connectivity index (χ1n) is 10.4. The Morgan fingerprint density at radius 2 is 2.24 bits per heavy atom. The van der Waals surface area contributed by atoms with Crippen LogP contribution in [0.5, 0.6) is 0 Å². The van der Waals surface area contributed by atoms with Crippen LogP contribution >= 0.6 is 0 Å². The summed E-state index contributed by atoms with van der Waals surface area (Å²) in [5, 5.41) is 4.07. The number of aryl methyl sites for hydroxylation is 1. The fraction of sp³-hybridized carbons (Fsp3) is 0.389. The van der Waals surface area contributed by atoms with Crippen LogP contribution < -0.4 is 0 Å². The monoisotopic (exact) mass is 289 g/mol. The predicted molar refractivity (Wildman–Crippen MR) is 86.0 cm³/mol. The molecule has 0 atom stereocenters. The van der Waals surface area contributed by atoms with Crippen molar-refractivity contribution in [1.29, 1.82) is 0 Å². The summed E-state index contributed by atoms with van der Waals surface area (Å²) >= 11 is 0. The first-order valence-corrected chi connectivity index (χ1v) is 6.92. The summed E-state index contributed by atoms with van der Waals surface area (Å²) in [5.74, 6) is 0.463. The molecule has 0 saturated heterocycles. The highest BCUT2D eigenvalue weighted by molar-refractivity contribution is 5.68. The van der Waals surface area contributed by atoms with E-state index in [0.717, 1.165) is 11.1 Å². The first kappa shape index (κ1) is 7.95. The Hall–Kier alpha value is -1.87. The van der Waals surface area contributed by atoms with Gasteiger partial charge in [0, 0.05) is 39.9 Å². The maximum atomic E-state index is 8.18. The Labute approximate surface area is 136 Å². The normalized spacial score (nSPS) is 22.9. The molecule has 0 saturated carbocycles. The largest absolute Gasteiger partial charge is 0.356 e. The van der Waals surface area contributed by atoms with Gasteiger partial charge in [-0.1, -0.05) is 47.9 Å². The second-order valence-corrected chi connectivity index (χ2v) is 5.12. The summed E-state index contributed by atoms with van der Waals surface area (Å²) < 4.78 is 59.6. The second-order valence-electron chi connectivity index (χ2n) is 5.12. The van der Waals surface area contributed by atoms with Crippen LogP contribution in [0.15, 0.2) is 40.9 Å². The zero-order valence-electron chi connectivity index (χ0n) is 18.9. The molecule has 3 heteroatoms. The molecule has 21 heavy (non-hydrogen) atoms. The number of hydrogen-bond acceptors (Lipinski definition) is 3. The van der Waals surface area contributed by atoms with Crippen LogP contribution in [0.2, 0.25) is 0 Å². The average molecular weight is 289 g/mol. The van der Waals surface area contributed by atoms with Crippen LogP contribution in [0.25, 0.3) is 16.8 Å². The third kappa shape index (κ3) is 3.24. The highest BCUT2D eigenvalue weighted by Gasteiger charge is 2.17. The van der Waals surface area contributed by atoms with E-state index in [4.69, 9.17) is 14.1 Å². The van der Waals surface area contributed by atoms with E-state index in [1.165, 1.54) is 4.90 Å². The standard InChI is InChI=1S/C18H22N2O/c1-3-10-20-11-4-5-16(13-20)18-12-17(19-21-18)15-8-6-14(2)7-9-15/h5-9,12H,3-4,10-11,13H2,1-2H3/i1D3,3D2,10D2. The van der Waals surface area contributed by atoms with Crippen molar-refractivity contribution in [2.45, 2.75) is 26.6 Å². The molecule has 0 unspecified atom stereocenters. The van der Waals surface area contributed by atoms with Gasteiger partial charge in [-0.15, -0.1) is 0 Å². The minimum atomic E-state index is -3.08. The maximum absolute atomic E-state index is 8.18. The third-order valence-corrected chi connectivity index (χ3v) is 3.54. The van der Waals surface area contributed by atoms with Gasteiger partial charge < -0.3 is 4.52 Å². The molecule has 1 aliphatic heterocycles. The number of rotatable bonds is 4. The summed E-state index contributed by atoms with van der Waals surface area (Å²) in [4.78, 5) is 1.21. The summed E-state index contributed by atoms with van der Waals surface area (Å²) in [7, 11) is 0. The summed E-state index contributed by atoms with van der Waals surface area (Å²) in [6.45, 7) is -3.51. The molecule has 2 aromatic rings. The molecule has 3 nitrogen and oxygen atoms in total. The maximum Gasteiger partial charge on any atom is 0.164 e. The zero-order valence-corrected chi connectivity index (χ0v) is 11.9. The lowest BCUT2D eigenvalue weighted by molar-refractivity contribution is 0.300. The number of nitrogens with zero attached hydrogens (tertiary/aromatic N) is 2. The molecule has 0 radical (unpaired) electrons. The smallest absolute Gasteiger partial charge is 0.164 e. The lowest BCUT2D eigenvalue weighted by atomic mass is 10.1.